The van der Waals surface area contributed by atoms with Gasteiger partial charge in [-0.3, -0.25) is 4.72 Å². The Morgan fingerprint density at radius 3 is 2.24 bits per heavy atom. The van der Waals surface area contributed by atoms with Gasteiger partial charge in [-0.1, -0.05) is 39.1 Å². The smallest absolute Gasteiger partial charge is 0.265 e. The minimum absolute atomic E-state index is 0.0703. The molecule has 0 bridgehead atoms. The number of rotatable bonds is 3. The van der Waals surface area contributed by atoms with Crippen molar-refractivity contribution in [3.05, 3.63) is 43.4 Å². The third-order valence-corrected chi connectivity index (χ3v) is 5.25. The summed E-state index contributed by atoms with van der Waals surface area (Å²) >= 11 is 18.4. The normalized spacial score (nSPS) is 11.4. The van der Waals surface area contributed by atoms with Gasteiger partial charge in [-0.25, -0.2) is 13.4 Å². The number of hydrogen-bond donors (Lipinski definition) is 2. The lowest BCUT2D eigenvalue weighted by Gasteiger charge is -2.13. The highest BCUT2D eigenvalue weighted by molar-refractivity contribution is 9.10. The fourth-order valence-corrected chi connectivity index (χ4v) is 4.58. The summed E-state index contributed by atoms with van der Waals surface area (Å²) in [5.41, 5.74) is 5.68. The van der Waals surface area contributed by atoms with Crippen LogP contribution in [0, 0.1) is 0 Å². The topological polar surface area (TPSA) is 85.1 Å². The molecule has 0 saturated carbocycles. The van der Waals surface area contributed by atoms with Crippen molar-refractivity contribution in [1.29, 1.82) is 0 Å². The van der Waals surface area contributed by atoms with Gasteiger partial charge in [0.05, 0.1) is 15.7 Å². The molecule has 10 heteroatoms. The third-order valence-electron chi connectivity index (χ3n) is 2.38. The number of benzene rings is 1. The van der Waals surface area contributed by atoms with Gasteiger partial charge in [0.2, 0.25) is 0 Å². The summed E-state index contributed by atoms with van der Waals surface area (Å²) in [6.07, 6.45) is 1.40. The Hall–Kier alpha value is -0.540. The van der Waals surface area contributed by atoms with Crippen LogP contribution in [-0.2, 0) is 10.0 Å². The molecule has 0 aliphatic carbocycles. The van der Waals surface area contributed by atoms with E-state index >= 15 is 0 Å². The van der Waals surface area contributed by atoms with Gasteiger partial charge < -0.3 is 5.73 Å². The molecule has 0 saturated heterocycles. The first-order chi connectivity index (χ1) is 9.70. The number of aromatic nitrogens is 1. The zero-order valence-corrected chi connectivity index (χ0v) is 15.6. The van der Waals surface area contributed by atoms with E-state index in [1.807, 2.05) is 0 Å². The molecule has 5 nitrogen and oxygen atoms in total. The van der Waals surface area contributed by atoms with E-state index in [0.717, 1.165) is 0 Å². The summed E-state index contributed by atoms with van der Waals surface area (Å²) in [4.78, 5) is 3.61. The van der Waals surface area contributed by atoms with E-state index in [1.165, 1.54) is 24.4 Å². The minimum Gasteiger partial charge on any atom is -0.383 e. The van der Waals surface area contributed by atoms with E-state index in [-0.39, 0.29) is 26.4 Å². The molecule has 1 aromatic heterocycles. The summed E-state index contributed by atoms with van der Waals surface area (Å²) in [6, 6.07) is 4.38. The Kier molecular flexibility index (Phi) is 5.04. The van der Waals surface area contributed by atoms with Crippen molar-refractivity contribution in [2.75, 3.05) is 10.5 Å². The van der Waals surface area contributed by atoms with Crippen molar-refractivity contribution < 1.29 is 8.42 Å². The fourth-order valence-electron chi connectivity index (χ4n) is 1.48. The van der Waals surface area contributed by atoms with Crippen LogP contribution in [0.15, 0.2) is 38.2 Å². The largest absolute Gasteiger partial charge is 0.383 e. The van der Waals surface area contributed by atoms with Crippen LogP contribution in [0.5, 0.6) is 0 Å². The molecule has 21 heavy (non-hydrogen) atoms. The first kappa shape index (κ1) is 16.8. The maximum atomic E-state index is 12.4. The highest BCUT2D eigenvalue weighted by Gasteiger charge is 2.22. The van der Waals surface area contributed by atoms with Crippen LogP contribution in [0.25, 0.3) is 0 Å². The summed E-state index contributed by atoms with van der Waals surface area (Å²) < 4.78 is 28.2. The molecule has 0 unspecified atom stereocenters. The number of nitrogen functional groups attached to an aromatic ring is 1. The van der Waals surface area contributed by atoms with Gasteiger partial charge in [0.25, 0.3) is 10.0 Å². The summed E-state index contributed by atoms with van der Waals surface area (Å²) in [7, 11) is -3.98. The van der Waals surface area contributed by atoms with Crippen LogP contribution in [0.2, 0.25) is 10.0 Å². The number of sulfonamides is 1. The zero-order chi connectivity index (χ0) is 15.8. The minimum atomic E-state index is -3.98. The number of nitrogens with one attached hydrogen (secondary N) is 1. The number of nitrogens with two attached hydrogens (primary N) is 1. The molecule has 112 valence electrons. The van der Waals surface area contributed by atoms with Gasteiger partial charge in [0.1, 0.15) is 10.7 Å². The van der Waals surface area contributed by atoms with Gasteiger partial charge in [-0.05, 0) is 34.1 Å². The van der Waals surface area contributed by atoms with E-state index in [2.05, 4.69) is 41.6 Å². The second-order valence-corrected chi connectivity index (χ2v) is 8.18. The average Bonchev–Trinajstić information content (AvgIpc) is 2.36. The molecule has 0 aliphatic heterocycles. The number of halogens is 4. The van der Waals surface area contributed by atoms with Crippen molar-refractivity contribution in [2.45, 2.75) is 4.90 Å². The summed E-state index contributed by atoms with van der Waals surface area (Å²) in [5, 5.41) is 0.305. The van der Waals surface area contributed by atoms with Crippen molar-refractivity contribution in [2.24, 2.45) is 0 Å². The molecule has 2 rings (SSSR count). The number of hydrogen-bond acceptors (Lipinski definition) is 4. The Morgan fingerprint density at radius 1 is 1.10 bits per heavy atom. The van der Waals surface area contributed by atoms with E-state index in [0.29, 0.717) is 8.95 Å². The molecule has 0 radical (unpaired) electrons. The molecule has 1 aromatic carbocycles. The Labute approximate surface area is 148 Å². The van der Waals surface area contributed by atoms with Gasteiger partial charge >= 0.3 is 0 Å². The van der Waals surface area contributed by atoms with Crippen LogP contribution in [0.4, 0.5) is 11.5 Å². The molecular formula is C11H7Br2Cl2N3O2S. The average molecular weight is 476 g/mol. The summed E-state index contributed by atoms with van der Waals surface area (Å²) in [5.74, 6) is -0.130. The predicted molar refractivity (Wildman–Crippen MR) is 91.3 cm³/mol. The Bertz CT molecular complexity index is 792. The van der Waals surface area contributed by atoms with Gasteiger partial charge in [0, 0.05) is 15.1 Å². The zero-order valence-electron chi connectivity index (χ0n) is 10.1. The van der Waals surface area contributed by atoms with Crippen molar-refractivity contribution >= 4 is 76.6 Å². The van der Waals surface area contributed by atoms with Gasteiger partial charge in [-0.15, -0.1) is 0 Å². The Balaban J connectivity index is 2.50. The third kappa shape index (κ3) is 3.81. The van der Waals surface area contributed by atoms with Crippen LogP contribution < -0.4 is 10.5 Å². The molecular weight excluding hydrogens is 469 g/mol. The summed E-state index contributed by atoms with van der Waals surface area (Å²) in [6.45, 7) is 0. The van der Waals surface area contributed by atoms with Crippen LogP contribution in [-0.4, -0.2) is 13.4 Å². The molecule has 0 amide bonds. The molecule has 3 N–H and O–H groups in total. The maximum absolute atomic E-state index is 12.4. The van der Waals surface area contributed by atoms with Crippen LogP contribution >= 0.6 is 55.1 Å². The second kappa shape index (κ2) is 6.29. The first-order valence-corrected chi connectivity index (χ1v) is 9.11. The standard InChI is InChI=1S/C11H7Br2Cl2N3O2S/c12-5-1-7(14)10(8(15)2-5)18-21(19,20)9-3-6(13)4-17-11(9)16/h1-4,18H,(H2,16,17). The van der Waals surface area contributed by atoms with E-state index in [1.54, 1.807) is 0 Å². The van der Waals surface area contributed by atoms with E-state index in [4.69, 9.17) is 28.9 Å². The van der Waals surface area contributed by atoms with E-state index < -0.39 is 10.0 Å². The first-order valence-electron chi connectivity index (χ1n) is 5.29. The van der Waals surface area contributed by atoms with Gasteiger partial charge in [0.15, 0.2) is 0 Å². The predicted octanol–water partition coefficient (Wildman–Crippen LogP) is 4.30. The SMILES string of the molecule is Nc1ncc(Br)cc1S(=O)(=O)Nc1c(Cl)cc(Br)cc1Cl. The quantitative estimate of drug-likeness (QED) is 0.693. The van der Waals surface area contributed by atoms with Crippen molar-refractivity contribution in [3.8, 4) is 0 Å². The number of pyridine rings is 1. The highest BCUT2D eigenvalue weighted by atomic mass is 79.9. The lowest BCUT2D eigenvalue weighted by molar-refractivity contribution is 0.601. The van der Waals surface area contributed by atoms with Crippen LogP contribution in [0.1, 0.15) is 0 Å². The number of nitrogens with zero attached hydrogens (tertiary/aromatic N) is 1. The van der Waals surface area contributed by atoms with Crippen molar-refractivity contribution in [1.82, 2.24) is 4.98 Å². The lowest BCUT2D eigenvalue weighted by atomic mass is 10.3. The second-order valence-electron chi connectivity index (χ2n) is 3.89. The molecule has 0 spiro atoms. The van der Waals surface area contributed by atoms with E-state index in [9.17, 15) is 8.42 Å². The van der Waals surface area contributed by atoms with Gasteiger partial charge in [-0.2, -0.15) is 0 Å². The molecule has 2 aromatic rings. The Morgan fingerprint density at radius 2 is 1.67 bits per heavy atom. The van der Waals surface area contributed by atoms with Crippen molar-refractivity contribution in [3.63, 3.8) is 0 Å². The highest BCUT2D eigenvalue weighted by Crippen LogP contribution is 2.35. The molecule has 1 heterocycles. The monoisotopic (exact) mass is 473 g/mol. The molecule has 0 fully saturated rings. The maximum Gasteiger partial charge on any atom is 0.265 e. The molecule has 0 atom stereocenters. The fraction of sp³-hybridized carbons (Fsp3) is 0. The van der Waals surface area contributed by atoms with Crippen LogP contribution in [0.3, 0.4) is 0 Å². The molecule has 0 aliphatic rings. The number of anilines is 2. The lowest BCUT2D eigenvalue weighted by Crippen LogP contribution is -2.16.